The molecule has 0 spiro atoms. The van der Waals surface area contributed by atoms with Gasteiger partial charge in [-0.1, -0.05) is 23.8 Å². The number of nitrogens with zero attached hydrogens (tertiary/aromatic N) is 1. The van der Waals surface area contributed by atoms with Crippen molar-refractivity contribution in [2.45, 2.75) is 6.92 Å². The van der Waals surface area contributed by atoms with E-state index < -0.39 is 5.82 Å². The predicted molar refractivity (Wildman–Crippen MR) is 78.0 cm³/mol. The molecule has 0 saturated carbocycles. The molecule has 0 aliphatic heterocycles. The molecule has 0 atom stereocenters. The maximum absolute atomic E-state index is 13.4. The van der Waals surface area contributed by atoms with E-state index in [9.17, 15) is 9.18 Å². The predicted octanol–water partition coefficient (Wildman–Crippen LogP) is 4.17. The van der Waals surface area contributed by atoms with Crippen LogP contribution >= 0.6 is 15.9 Å². The molecular weight excluding hydrogens is 309 g/mol. The van der Waals surface area contributed by atoms with E-state index in [0.717, 1.165) is 11.3 Å². The Bertz CT molecular complexity index is 610. The number of halogens is 2. The number of aryl methyl sites for hydroxylation is 1. The Labute approximate surface area is 120 Å². The second-order valence-corrected chi connectivity index (χ2v) is 5.09. The van der Waals surface area contributed by atoms with Crippen LogP contribution in [-0.2, 0) is 0 Å². The molecule has 1 amide bonds. The Hall–Kier alpha value is -1.68. The van der Waals surface area contributed by atoms with Crippen LogP contribution in [-0.4, -0.2) is 13.0 Å². The highest BCUT2D eigenvalue weighted by molar-refractivity contribution is 9.10. The van der Waals surface area contributed by atoms with Gasteiger partial charge in [0.2, 0.25) is 0 Å². The molecule has 4 heteroatoms. The largest absolute Gasteiger partial charge is 0.311 e. The van der Waals surface area contributed by atoms with Gasteiger partial charge in [0.15, 0.2) is 0 Å². The molecule has 2 nitrogen and oxygen atoms in total. The fourth-order valence-electron chi connectivity index (χ4n) is 1.74. The molecule has 0 saturated heterocycles. The number of rotatable bonds is 2. The van der Waals surface area contributed by atoms with Gasteiger partial charge in [-0.15, -0.1) is 0 Å². The smallest absolute Gasteiger partial charge is 0.259 e. The van der Waals surface area contributed by atoms with Gasteiger partial charge in [0.05, 0.1) is 10.0 Å². The third-order valence-electron chi connectivity index (χ3n) is 2.91. The second kappa shape index (κ2) is 5.53. The van der Waals surface area contributed by atoms with E-state index in [0.29, 0.717) is 5.56 Å². The number of carbonyl (C=O) groups excluding carboxylic acids is 1. The molecular formula is C15H13BrFNO. The number of hydrogen-bond donors (Lipinski definition) is 0. The highest BCUT2D eigenvalue weighted by Crippen LogP contribution is 2.23. The van der Waals surface area contributed by atoms with Crippen molar-refractivity contribution in [3.63, 3.8) is 0 Å². The molecule has 0 unspecified atom stereocenters. The highest BCUT2D eigenvalue weighted by atomic mass is 79.9. The van der Waals surface area contributed by atoms with Crippen molar-refractivity contribution in [3.8, 4) is 0 Å². The van der Waals surface area contributed by atoms with Crippen molar-refractivity contribution in [1.29, 1.82) is 0 Å². The van der Waals surface area contributed by atoms with Crippen LogP contribution in [0.3, 0.4) is 0 Å². The maximum atomic E-state index is 13.4. The summed E-state index contributed by atoms with van der Waals surface area (Å²) in [5.74, 6) is -0.696. The van der Waals surface area contributed by atoms with Gasteiger partial charge in [0.25, 0.3) is 5.91 Å². The zero-order valence-electron chi connectivity index (χ0n) is 10.7. The van der Waals surface area contributed by atoms with Crippen LogP contribution in [0.15, 0.2) is 46.9 Å². The molecule has 0 aliphatic carbocycles. The lowest BCUT2D eigenvalue weighted by atomic mass is 10.1. The van der Waals surface area contributed by atoms with Crippen molar-refractivity contribution >= 4 is 27.5 Å². The first-order valence-corrected chi connectivity index (χ1v) is 6.58. The Balaban J connectivity index is 2.33. The minimum absolute atomic E-state index is 0.193. The lowest BCUT2D eigenvalue weighted by molar-refractivity contribution is 0.0991. The molecule has 0 heterocycles. The lowest BCUT2D eigenvalue weighted by Crippen LogP contribution is -2.26. The molecule has 98 valence electrons. The number of anilines is 1. The van der Waals surface area contributed by atoms with Crippen LogP contribution in [0.4, 0.5) is 10.1 Å². The van der Waals surface area contributed by atoms with Gasteiger partial charge in [-0.25, -0.2) is 4.39 Å². The lowest BCUT2D eigenvalue weighted by Gasteiger charge is -2.18. The van der Waals surface area contributed by atoms with E-state index in [1.807, 2.05) is 31.2 Å². The number of amides is 1. The van der Waals surface area contributed by atoms with Crippen LogP contribution in [0.5, 0.6) is 0 Å². The molecule has 0 fully saturated rings. The molecule has 2 aromatic carbocycles. The fraction of sp³-hybridized carbons (Fsp3) is 0.133. The maximum Gasteiger partial charge on any atom is 0.259 e. The fourth-order valence-corrected chi connectivity index (χ4v) is 2.17. The molecule has 0 N–H and O–H groups in total. The summed E-state index contributed by atoms with van der Waals surface area (Å²) >= 11 is 3.11. The summed E-state index contributed by atoms with van der Waals surface area (Å²) in [6, 6.07) is 12.0. The Morgan fingerprint density at radius 2 is 1.79 bits per heavy atom. The Morgan fingerprint density at radius 3 is 2.42 bits per heavy atom. The standard InChI is InChI=1S/C15H13BrFNO/c1-10-6-8-11(9-7-10)18(2)15(19)12-4-3-5-13(17)14(12)16/h3-9H,1-2H3. The van der Waals surface area contributed by atoms with Crippen molar-refractivity contribution in [2.75, 3.05) is 11.9 Å². The summed E-state index contributed by atoms with van der Waals surface area (Å²) < 4.78 is 13.6. The van der Waals surface area contributed by atoms with Crippen molar-refractivity contribution < 1.29 is 9.18 Å². The van der Waals surface area contributed by atoms with E-state index in [4.69, 9.17) is 0 Å². The van der Waals surface area contributed by atoms with Crippen LogP contribution in [0.25, 0.3) is 0 Å². The van der Waals surface area contributed by atoms with E-state index in [1.165, 1.54) is 17.0 Å². The molecule has 0 bridgehead atoms. The summed E-state index contributed by atoms with van der Waals surface area (Å²) in [6.07, 6.45) is 0. The van der Waals surface area contributed by atoms with Crippen LogP contribution in [0.2, 0.25) is 0 Å². The topological polar surface area (TPSA) is 20.3 Å². The minimum atomic E-state index is -0.442. The number of benzene rings is 2. The normalized spacial score (nSPS) is 10.3. The first kappa shape index (κ1) is 13.7. The summed E-state index contributed by atoms with van der Waals surface area (Å²) in [5, 5.41) is 0. The first-order chi connectivity index (χ1) is 9.00. The number of hydrogen-bond acceptors (Lipinski definition) is 1. The molecule has 2 rings (SSSR count). The van der Waals surface area contributed by atoms with Crippen molar-refractivity contribution in [1.82, 2.24) is 0 Å². The average Bonchev–Trinajstić information content (AvgIpc) is 2.41. The second-order valence-electron chi connectivity index (χ2n) is 4.30. The van der Waals surface area contributed by atoms with Gasteiger partial charge in [-0.2, -0.15) is 0 Å². The average molecular weight is 322 g/mol. The van der Waals surface area contributed by atoms with E-state index >= 15 is 0 Å². The molecule has 19 heavy (non-hydrogen) atoms. The molecule has 2 aromatic rings. The zero-order chi connectivity index (χ0) is 14.0. The van der Waals surface area contributed by atoms with Gasteiger partial charge >= 0.3 is 0 Å². The molecule has 0 radical (unpaired) electrons. The third kappa shape index (κ3) is 2.84. The SMILES string of the molecule is Cc1ccc(N(C)C(=O)c2cccc(F)c2Br)cc1. The minimum Gasteiger partial charge on any atom is -0.311 e. The quantitative estimate of drug-likeness (QED) is 0.812. The van der Waals surface area contributed by atoms with Crippen molar-refractivity contribution in [3.05, 3.63) is 63.9 Å². The van der Waals surface area contributed by atoms with E-state index in [1.54, 1.807) is 13.1 Å². The Kier molecular flexibility index (Phi) is 4.00. The zero-order valence-corrected chi connectivity index (χ0v) is 12.2. The summed E-state index contributed by atoms with van der Waals surface area (Å²) in [4.78, 5) is 13.8. The van der Waals surface area contributed by atoms with Gasteiger partial charge < -0.3 is 4.90 Å². The van der Waals surface area contributed by atoms with Crippen LogP contribution in [0, 0.1) is 12.7 Å². The van der Waals surface area contributed by atoms with Crippen molar-refractivity contribution in [2.24, 2.45) is 0 Å². The van der Waals surface area contributed by atoms with Crippen LogP contribution < -0.4 is 4.90 Å². The highest BCUT2D eigenvalue weighted by Gasteiger charge is 2.17. The first-order valence-electron chi connectivity index (χ1n) is 5.79. The number of carbonyl (C=O) groups is 1. The third-order valence-corrected chi connectivity index (χ3v) is 3.71. The monoisotopic (exact) mass is 321 g/mol. The van der Waals surface area contributed by atoms with E-state index in [-0.39, 0.29) is 10.4 Å². The van der Waals surface area contributed by atoms with Gasteiger partial charge in [-0.3, -0.25) is 4.79 Å². The Morgan fingerprint density at radius 1 is 1.16 bits per heavy atom. The summed E-state index contributed by atoms with van der Waals surface area (Å²) in [5.41, 5.74) is 2.20. The summed E-state index contributed by atoms with van der Waals surface area (Å²) in [6.45, 7) is 1.98. The summed E-state index contributed by atoms with van der Waals surface area (Å²) in [7, 11) is 1.67. The molecule has 0 aliphatic rings. The van der Waals surface area contributed by atoms with Gasteiger partial charge in [-0.05, 0) is 47.1 Å². The van der Waals surface area contributed by atoms with Gasteiger partial charge in [0, 0.05) is 12.7 Å². The van der Waals surface area contributed by atoms with Gasteiger partial charge in [0.1, 0.15) is 5.82 Å². The molecule has 0 aromatic heterocycles. The van der Waals surface area contributed by atoms with Crippen LogP contribution in [0.1, 0.15) is 15.9 Å². The van der Waals surface area contributed by atoms with E-state index in [2.05, 4.69) is 15.9 Å².